The van der Waals surface area contributed by atoms with E-state index in [1.54, 1.807) is 0 Å². The first kappa shape index (κ1) is 32.4. The average molecular weight is 550 g/mol. The Kier molecular flexibility index (Phi) is 16.1. The van der Waals surface area contributed by atoms with E-state index >= 15 is 0 Å². The van der Waals surface area contributed by atoms with Crippen LogP contribution in [0.25, 0.3) is 0 Å². The predicted molar refractivity (Wildman–Crippen MR) is 112 cm³/mol. The number of hydrogen-bond donors (Lipinski definition) is 1. The molecule has 0 heterocycles. The van der Waals surface area contributed by atoms with Crippen molar-refractivity contribution in [1.82, 2.24) is 0 Å². The highest BCUT2D eigenvalue weighted by molar-refractivity contribution is 7.95. The fourth-order valence-electron chi connectivity index (χ4n) is 2.11. The molecule has 0 aromatic rings. The maximum absolute atomic E-state index is 12.2. The summed E-state index contributed by atoms with van der Waals surface area (Å²) in [6.45, 7) is -1.41. The second-order valence-electron chi connectivity index (χ2n) is 7.15. The molecule has 0 aliphatic rings. The number of ether oxygens (including phenoxy) is 3. The van der Waals surface area contributed by atoms with Gasteiger partial charge in [0.1, 0.15) is 19.8 Å². The Bertz CT molecular complexity index is 749. The molecule has 4 unspecified atom stereocenters. The van der Waals surface area contributed by atoms with Gasteiger partial charge in [-0.15, -0.1) is 0 Å². The second-order valence-corrected chi connectivity index (χ2v) is 10.1. The van der Waals surface area contributed by atoms with Crippen LogP contribution in [0.1, 0.15) is 32.6 Å². The first-order valence-electron chi connectivity index (χ1n) is 9.64. The molecule has 0 aliphatic carbocycles. The van der Waals surface area contributed by atoms with Gasteiger partial charge in [0.2, 0.25) is 5.12 Å². The van der Waals surface area contributed by atoms with Crippen molar-refractivity contribution in [1.29, 1.82) is 0 Å². The van der Waals surface area contributed by atoms with Crippen LogP contribution in [-0.4, -0.2) is 92.3 Å². The lowest BCUT2D eigenvalue weighted by atomic mass is 9.92. The molecule has 0 saturated carbocycles. The summed E-state index contributed by atoms with van der Waals surface area (Å²) in [5, 5.41) is 8.75. The number of esters is 3. The molecule has 4 atom stereocenters. The number of aliphatic hydroxyl groups is 1. The molecular weight excluding hydrogens is 524 g/mol. The Labute approximate surface area is 202 Å². The third-order valence-electron chi connectivity index (χ3n) is 4.25. The summed E-state index contributed by atoms with van der Waals surface area (Å²) in [6.07, 6.45) is -1.59. The van der Waals surface area contributed by atoms with Gasteiger partial charge in [-0.2, -0.15) is 0 Å². The van der Waals surface area contributed by atoms with Gasteiger partial charge in [0.15, 0.2) is 0 Å². The van der Waals surface area contributed by atoms with Crippen molar-refractivity contribution in [3.8, 4) is 0 Å². The lowest BCUT2D eigenvalue weighted by Crippen LogP contribution is -2.43. The van der Waals surface area contributed by atoms with Crippen LogP contribution >= 0.6 is 0 Å². The van der Waals surface area contributed by atoms with E-state index in [1.165, 1.54) is 6.92 Å². The standard InChI is InChI=1S/C17H28O14S3/c1-12(2-3-15(21)34(27)28)16(22)31-11-17(8-18,9-29-13(19)4-6-32(23)24)10-30-14(20)5-7-33(25)26/h12,18H,2-11H2,1H3,(H,23,24)(H,25,26)(H,27,28)/p-3. The molecule has 0 amide bonds. The van der Waals surface area contributed by atoms with Gasteiger partial charge in [0.25, 0.3) is 0 Å². The molecule has 17 heteroatoms. The Balaban J connectivity index is 5.15. The first-order chi connectivity index (χ1) is 15.8. The van der Waals surface area contributed by atoms with Gasteiger partial charge in [-0.1, -0.05) is 29.1 Å². The molecule has 0 rings (SSSR count). The highest BCUT2D eigenvalue weighted by Gasteiger charge is 2.36. The molecule has 0 spiro atoms. The van der Waals surface area contributed by atoms with Crippen LogP contribution in [0, 0.1) is 11.3 Å². The van der Waals surface area contributed by atoms with E-state index in [0.717, 1.165) is 0 Å². The fourth-order valence-corrected chi connectivity index (χ4v) is 3.06. The van der Waals surface area contributed by atoms with Crippen LogP contribution in [0.4, 0.5) is 0 Å². The average Bonchev–Trinajstić information content (AvgIpc) is 2.78. The van der Waals surface area contributed by atoms with Crippen LogP contribution in [0.5, 0.6) is 0 Å². The topological polar surface area (TPSA) is 237 Å². The van der Waals surface area contributed by atoms with Crippen molar-refractivity contribution in [2.75, 3.05) is 37.9 Å². The number of rotatable bonds is 17. The molecule has 0 saturated heterocycles. The number of aliphatic hydroxyl groups excluding tert-OH is 1. The van der Waals surface area contributed by atoms with Crippen molar-refractivity contribution in [3.63, 3.8) is 0 Å². The summed E-state index contributed by atoms with van der Waals surface area (Å²) in [4.78, 5) is 46.8. The Hall–Kier alpha value is -1.63. The minimum absolute atomic E-state index is 0.152. The van der Waals surface area contributed by atoms with Crippen molar-refractivity contribution in [3.05, 3.63) is 0 Å². The normalized spacial score (nSPS) is 16.4. The summed E-state index contributed by atoms with van der Waals surface area (Å²) in [5.74, 6) is -4.77. The second kappa shape index (κ2) is 16.9. The third kappa shape index (κ3) is 14.6. The molecule has 0 radical (unpaired) electrons. The zero-order chi connectivity index (χ0) is 26.3. The molecule has 34 heavy (non-hydrogen) atoms. The van der Waals surface area contributed by atoms with E-state index in [2.05, 4.69) is 0 Å². The highest BCUT2D eigenvalue weighted by Crippen LogP contribution is 2.21. The Morgan fingerprint density at radius 1 is 0.824 bits per heavy atom. The summed E-state index contributed by atoms with van der Waals surface area (Å²) in [5.41, 5.74) is -1.67. The quantitative estimate of drug-likeness (QED) is 0.117. The number of carbonyl (C=O) groups excluding carboxylic acids is 4. The largest absolute Gasteiger partial charge is 0.772 e. The van der Waals surface area contributed by atoms with Crippen molar-refractivity contribution >= 4 is 56.3 Å². The van der Waals surface area contributed by atoms with Crippen LogP contribution in [-0.2, 0) is 66.6 Å². The van der Waals surface area contributed by atoms with Gasteiger partial charge >= 0.3 is 17.9 Å². The number of hydrogen-bond acceptors (Lipinski definition) is 14. The fraction of sp³-hybridized carbons (Fsp3) is 0.765. The summed E-state index contributed by atoms with van der Waals surface area (Å²) in [6, 6.07) is 0. The Morgan fingerprint density at radius 2 is 1.26 bits per heavy atom. The van der Waals surface area contributed by atoms with E-state index < -0.39 is 125 Å². The maximum Gasteiger partial charge on any atom is 0.308 e. The molecule has 198 valence electrons. The molecule has 0 aromatic heterocycles. The summed E-state index contributed by atoms with van der Waals surface area (Å²) >= 11 is -7.94. The van der Waals surface area contributed by atoms with Gasteiger partial charge < -0.3 is 33.0 Å². The van der Waals surface area contributed by atoms with Crippen LogP contribution in [0.15, 0.2) is 0 Å². The minimum atomic E-state index is -2.93. The van der Waals surface area contributed by atoms with Crippen molar-refractivity contribution in [2.45, 2.75) is 32.6 Å². The maximum atomic E-state index is 12.2. The lowest BCUT2D eigenvalue weighted by Gasteiger charge is -2.30. The van der Waals surface area contributed by atoms with E-state index in [1.807, 2.05) is 0 Å². The monoisotopic (exact) mass is 549 g/mol. The molecule has 1 N–H and O–H groups in total. The third-order valence-corrected chi connectivity index (χ3v) is 5.90. The predicted octanol–water partition coefficient (Wildman–Crippen LogP) is -2.04. The summed E-state index contributed by atoms with van der Waals surface area (Å²) in [7, 11) is 0. The van der Waals surface area contributed by atoms with Gasteiger partial charge in [-0.3, -0.25) is 31.8 Å². The van der Waals surface area contributed by atoms with Crippen LogP contribution in [0.2, 0.25) is 0 Å². The van der Waals surface area contributed by atoms with Crippen LogP contribution < -0.4 is 0 Å². The molecule has 0 fully saturated rings. The Morgan fingerprint density at radius 3 is 1.65 bits per heavy atom. The van der Waals surface area contributed by atoms with Gasteiger partial charge in [0.05, 0.1) is 30.8 Å². The zero-order valence-corrected chi connectivity index (χ0v) is 20.6. The van der Waals surface area contributed by atoms with Gasteiger partial charge in [-0.05, 0) is 6.42 Å². The van der Waals surface area contributed by atoms with Crippen molar-refractivity contribution in [2.24, 2.45) is 11.3 Å². The molecule has 0 bridgehead atoms. The van der Waals surface area contributed by atoms with Gasteiger partial charge in [-0.25, -0.2) is 0 Å². The van der Waals surface area contributed by atoms with E-state index in [4.69, 9.17) is 14.2 Å². The van der Waals surface area contributed by atoms with E-state index in [-0.39, 0.29) is 6.42 Å². The highest BCUT2D eigenvalue weighted by atomic mass is 32.2. The minimum Gasteiger partial charge on any atom is -0.772 e. The first-order valence-corrected chi connectivity index (χ1v) is 13.2. The van der Waals surface area contributed by atoms with E-state index in [9.17, 15) is 50.6 Å². The summed E-state index contributed by atoms with van der Waals surface area (Å²) < 4.78 is 78.2. The molecule has 0 aromatic carbocycles. The smallest absolute Gasteiger partial charge is 0.308 e. The number of carbonyl (C=O) groups is 4. The van der Waals surface area contributed by atoms with Gasteiger partial charge in [0, 0.05) is 29.0 Å². The SMILES string of the molecule is CC(CCC(=O)S(=O)[O-])C(=O)OCC(CO)(COC(=O)CCS(=O)[O-])COC(=O)CCS(=O)[O-]. The lowest BCUT2D eigenvalue weighted by molar-refractivity contribution is -0.166. The van der Waals surface area contributed by atoms with Crippen molar-refractivity contribution < 1.29 is 64.8 Å². The molecule has 14 nitrogen and oxygen atoms in total. The van der Waals surface area contributed by atoms with Crippen LogP contribution in [0.3, 0.4) is 0 Å². The molecule has 0 aliphatic heterocycles. The van der Waals surface area contributed by atoms with E-state index in [0.29, 0.717) is 0 Å². The zero-order valence-electron chi connectivity index (χ0n) is 18.1. The molecular formula is C17H25O14S3-3.